The Bertz CT molecular complexity index is 1150. The third-order valence-electron chi connectivity index (χ3n) is 6.87. The molecule has 1 amide bonds. The summed E-state index contributed by atoms with van der Waals surface area (Å²) >= 11 is 6.35. The van der Waals surface area contributed by atoms with Gasteiger partial charge in [-0.2, -0.15) is 0 Å². The summed E-state index contributed by atoms with van der Waals surface area (Å²) in [5.41, 5.74) is 5.99. The maximum absolute atomic E-state index is 13.2. The highest BCUT2D eigenvalue weighted by atomic mass is 35.5. The fourth-order valence-electron chi connectivity index (χ4n) is 5.10. The standard InChI is InChI=1S/C27H28ClN3O2/c28-23-10-3-4-11-25(23)30-12-14-31(15-13-30)27(33)20-7-5-6-19(16-20)17-24-21-8-1-2-9-22(21)26(32)18-29-24/h3-7,10-11,16H,1-2,8-9,12-15,17-18H2. The quantitative estimate of drug-likeness (QED) is 0.660. The lowest BCUT2D eigenvalue weighted by molar-refractivity contribution is -0.114. The molecule has 5 nitrogen and oxygen atoms in total. The highest BCUT2D eigenvalue weighted by Crippen LogP contribution is 2.30. The van der Waals surface area contributed by atoms with E-state index in [1.807, 2.05) is 53.4 Å². The number of nitrogens with zero attached hydrogens (tertiary/aromatic N) is 3. The molecule has 0 saturated carbocycles. The lowest BCUT2D eigenvalue weighted by Gasteiger charge is -2.36. The van der Waals surface area contributed by atoms with Crippen LogP contribution in [0.25, 0.3) is 0 Å². The Labute approximate surface area is 199 Å². The van der Waals surface area contributed by atoms with Crippen LogP contribution in [0, 0.1) is 0 Å². The van der Waals surface area contributed by atoms with Gasteiger partial charge in [0.25, 0.3) is 5.91 Å². The number of hydrogen-bond donors (Lipinski definition) is 0. The molecule has 170 valence electrons. The molecule has 0 N–H and O–H groups in total. The zero-order chi connectivity index (χ0) is 22.8. The number of rotatable bonds is 4. The Hall–Kier alpha value is -2.92. The molecule has 2 heterocycles. The van der Waals surface area contributed by atoms with Crippen molar-refractivity contribution >= 4 is 34.7 Å². The first kappa shape index (κ1) is 21.9. The fraction of sp³-hybridized carbons (Fsp3) is 0.370. The van der Waals surface area contributed by atoms with E-state index >= 15 is 0 Å². The second-order valence-corrected chi connectivity index (χ2v) is 9.37. The number of anilines is 1. The van der Waals surface area contributed by atoms with Crippen molar-refractivity contribution in [2.45, 2.75) is 32.1 Å². The second kappa shape index (κ2) is 9.52. The van der Waals surface area contributed by atoms with Crippen molar-refractivity contribution in [1.29, 1.82) is 0 Å². The highest BCUT2D eigenvalue weighted by molar-refractivity contribution is 6.33. The van der Waals surface area contributed by atoms with E-state index < -0.39 is 0 Å². The number of carbonyl (C=O) groups is 2. The maximum Gasteiger partial charge on any atom is 0.253 e. The number of para-hydroxylation sites is 1. The third kappa shape index (κ3) is 4.60. The predicted octanol–water partition coefficient (Wildman–Crippen LogP) is 4.74. The molecule has 33 heavy (non-hydrogen) atoms. The summed E-state index contributed by atoms with van der Waals surface area (Å²) in [6.07, 6.45) is 4.70. The Morgan fingerprint density at radius 3 is 2.48 bits per heavy atom. The minimum atomic E-state index is 0.0639. The van der Waals surface area contributed by atoms with Crippen molar-refractivity contribution in [1.82, 2.24) is 4.90 Å². The van der Waals surface area contributed by atoms with E-state index in [0.29, 0.717) is 25.1 Å². The largest absolute Gasteiger partial charge is 0.367 e. The summed E-state index contributed by atoms with van der Waals surface area (Å²) in [6.45, 7) is 3.12. The van der Waals surface area contributed by atoms with Crippen molar-refractivity contribution < 1.29 is 9.59 Å². The van der Waals surface area contributed by atoms with Crippen LogP contribution in [-0.2, 0) is 11.2 Å². The van der Waals surface area contributed by atoms with Crippen LogP contribution in [0.2, 0.25) is 5.02 Å². The Morgan fingerprint density at radius 2 is 1.70 bits per heavy atom. The minimum absolute atomic E-state index is 0.0639. The predicted molar refractivity (Wildman–Crippen MR) is 133 cm³/mol. The number of dihydropyridines is 1. The van der Waals surface area contributed by atoms with Gasteiger partial charge in [0.15, 0.2) is 5.78 Å². The van der Waals surface area contributed by atoms with E-state index in [0.717, 1.165) is 71.9 Å². The number of allylic oxidation sites excluding steroid dienone is 1. The first-order chi connectivity index (χ1) is 16.1. The maximum atomic E-state index is 13.2. The first-order valence-electron chi connectivity index (χ1n) is 11.8. The number of hydrogen-bond acceptors (Lipinski definition) is 4. The molecule has 1 aliphatic carbocycles. The van der Waals surface area contributed by atoms with Gasteiger partial charge in [-0.05, 0) is 61.1 Å². The number of Topliss-reactive ketones (excluding diaryl/α,β-unsaturated/α-hetero) is 1. The second-order valence-electron chi connectivity index (χ2n) is 8.96. The van der Waals surface area contributed by atoms with Gasteiger partial charge in [0, 0.05) is 49.4 Å². The van der Waals surface area contributed by atoms with Crippen LogP contribution in [-0.4, -0.2) is 55.0 Å². The Kier molecular flexibility index (Phi) is 6.32. The average molecular weight is 462 g/mol. The number of amides is 1. The Morgan fingerprint density at radius 1 is 0.939 bits per heavy atom. The molecule has 0 radical (unpaired) electrons. The highest BCUT2D eigenvalue weighted by Gasteiger charge is 2.27. The molecule has 0 atom stereocenters. The fourth-order valence-corrected chi connectivity index (χ4v) is 5.36. The summed E-state index contributed by atoms with van der Waals surface area (Å²) in [5, 5.41) is 0.744. The molecule has 6 heteroatoms. The van der Waals surface area contributed by atoms with Gasteiger partial charge in [0.05, 0.1) is 10.7 Å². The zero-order valence-corrected chi connectivity index (χ0v) is 19.5. The normalized spacial score (nSPS) is 18.8. The van der Waals surface area contributed by atoms with Crippen molar-refractivity contribution in [3.63, 3.8) is 0 Å². The van der Waals surface area contributed by atoms with Gasteiger partial charge >= 0.3 is 0 Å². The first-order valence-corrected chi connectivity index (χ1v) is 12.1. The molecule has 2 aromatic rings. The number of aliphatic imine (C=N–C) groups is 1. The molecule has 5 rings (SSSR count). The molecule has 2 aromatic carbocycles. The summed E-state index contributed by atoms with van der Waals surface area (Å²) in [5.74, 6) is 0.252. The van der Waals surface area contributed by atoms with Gasteiger partial charge in [-0.15, -0.1) is 0 Å². The number of benzene rings is 2. The molecular formula is C27H28ClN3O2. The van der Waals surface area contributed by atoms with Crippen LogP contribution in [0.5, 0.6) is 0 Å². The molecule has 0 aromatic heterocycles. The number of ketones is 1. The van der Waals surface area contributed by atoms with Crippen molar-refractivity contribution in [3.05, 3.63) is 75.8 Å². The van der Waals surface area contributed by atoms with E-state index in [9.17, 15) is 9.59 Å². The van der Waals surface area contributed by atoms with Gasteiger partial charge in [0.1, 0.15) is 6.54 Å². The van der Waals surface area contributed by atoms with Crippen LogP contribution in [0.15, 0.2) is 64.7 Å². The average Bonchev–Trinajstić information content (AvgIpc) is 2.86. The molecule has 3 aliphatic rings. The van der Waals surface area contributed by atoms with E-state index in [-0.39, 0.29) is 18.2 Å². The van der Waals surface area contributed by atoms with E-state index in [2.05, 4.69) is 9.89 Å². The lowest BCUT2D eigenvalue weighted by atomic mass is 9.83. The minimum Gasteiger partial charge on any atom is -0.367 e. The van der Waals surface area contributed by atoms with E-state index in [4.69, 9.17) is 11.6 Å². The van der Waals surface area contributed by atoms with Crippen molar-refractivity contribution in [2.24, 2.45) is 4.99 Å². The molecule has 1 saturated heterocycles. The summed E-state index contributed by atoms with van der Waals surface area (Å²) in [4.78, 5) is 34.2. The summed E-state index contributed by atoms with van der Waals surface area (Å²) in [6, 6.07) is 15.7. The summed E-state index contributed by atoms with van der Waals surface area (Å²) < 4.78 is 0. The van der Waals surface area contributed by atoms with Gasteiger partial charge in [-0.25, -0.2) is 0 Å². The Balaban J connectivity index is 1.26. The van der Waals surface area contributed by atoms with E-state index in [1.54, 1.807) is 0 Å². The SMILES string of the molecule is O=C1CN=C(Cc2cccc(C(=O)N3CCN(c4ccccc4Cl)CC3)c2)C2=C1CCCC2. The number of carbonyl (C=O) groups excluding carboxylic acids is 2. The lowest BCUT2D eigenvalue weighted by Crippen LogP contribution is -2.48. The smallest absolute Gasteiger partial charge is 0.253 e. The monoisotopic (exact) mass is 461 g/mol. The molecule has 0 bridgehead atoms. The van der Waals surface area contributed by atoms with Gasteiger partial charge in [-0.3, -0.25) is 14.6 Å². The molecule has 0 spiro atoms. The number of piperazine rings is 1. The van der Waals surface area contributed by atoms with Crippen LogP contribution in [0.4, 0.5) is 5.69 Å². The molecular weight excluding hydrogens is 434 g/mol. The van der Waals surface area contributed by atoms with Crippen LogP contribution >= 0.6 is 11.6 Å². The van der Waals surface area contributed by atoms with Crippen molar-refractivity contribution in [2.75, 3.05) is 37.6 Å². The van der Waals surface area contributed by atoms with Gasteiger partial charge in [-0.1, -0.05) is 35.9 Å². The van der Waals surface area contributed by atoms with Gasteiger partial charge in [0.2, 0.25) is 0 Å². The third-order valence-corrected chi connectivity index (χ3v) is 7.19. The topological polar surface area (TPSA) is 53.0 Å². The number of halogens is 1. The molecule has 0 unspecified atom stereocenters. The summed E-state index contributed by atoms with van der Waals surface area (Å²) in [7, 11) is 0. The van der Waals surface area contributed by atoms with Crippen molar-refractivity contribution in [3.8, 4) is 0 Å². The van der Waals surface area contributed by atoms with Crippen LogP contribution < -0.4 is 4.90 Å². The molecule has 2 aliphatic heterocycles. The van der Waals surface area contributed by atoms with Crippen LogP contribution in [0.1, 0.15) is 41.6 Å². The van der Waals surface area contributed by atoms with Gasteiger partial charge < -0.3 is 9.80 Å². The molecule has 1 fully saturated rings. The van der Waals surface area contributed by atoms with Crippen LogP contribution in [0.3, 0.4) is 0 Å². The zero-order valence-electron chi connectivity index (χ0n) is 18.7. The van der Waals surface area contributed by atoms with E-state index in [1.165, 1.54) is 0 Å².